The van der Waals surface area contributed by atoms with Crippen LogP contribution in [0.15, 0.2) is 60.8 Å². The van der Waals surface area contributed by atoms with Crippen molar-refractivity contribution in [2.75, 3.05) is 32.8 Å². The number of halogens is 1. The number of hydrogen-bond donors (Lipinski definition) is 1. The first-order valence-electron chi connectivity index (χ1n) is 11.8. The fourth-order valence-electron chi connectivity index (χ4n) is 4.26. The van der Waals surface area contributed by atoms with Gasteiger partial charge in [-0.2, -0.15) is 10.2 Å². The highest BCUT2D eigenvalue weighted by atomic mass is 35.5. The Morgan fingerprint density at radius 1 is 1.11 bits per heavy atom. The first-order chi connectivity index (χ1) is 17.6. The van der Waals surface area contributed by atoms with Crippen LogP contribution in [0.25, 0.3) is 17.2 Å². The molecule has 1 unspecified atom stereocenters. The Kier molecular flexibility index (Phi) is 7.25. The Labute approximate surface area is 213 Å². The Balaban J connectivity index is 1.20. The molecule has 3 aromatic rings. The molecule has 1 N–H and O–H groups in total. The molecule has 3 heterocycles. The summed E-state index contributed by atoms with van der Waals surface area (Å²) in [7, 11) is 0. The van der Waals surface area contributed by atoms with E-state index in [1.807, 2.05) is 35.2 Å². The number of rotatable bonds is 6. The molecule has 1 saturated heterocycles. The van der Waals surface area contributed by atoms with Gasteiger partial charge in [0.25, 0.3) is 5.91 Å². The molecule has 1 aromatic heterocycles. The van der Waals surface area contributed by atoms with Crippen molar-refractivity contribution < 1.29 is 19.1 Å². The van der Waals surface area contributed by atoms with Crippen LogP contribution in [0.2, 0.25) is 5.02 Å². The fourth-order valence-corrected chi connectivity index (χ4v) is 4.54. The van der Waals surface area contributed by atoms with Crippen LogP contribution < -0.4 is 10.1 Å². The molecule has 0 radical (unpaired) electrons. The molecule has 0 bridgehead atoms. The van der Waals surface area contributed by atoms with Crippen LogP contribution in [-0.4, -0.2) is 65.9 Å². The number of amides is 2. The number of ether oxygens (including phenoxy) is 2. The van der Waals surface area contributed by atoms with Crippen molar-refractivity contribution in [3.05, 3.63) is 82.6 Å². The van der Waals surface area contributed by atoms with E-state index in [4.69, 9.17) is 21.1 Å². The van der Waals surface area contributed by atoms with Crippen molar-refractivity contribution in [2.45, 2.75) is 12.5 Å². The Hall–Kier alpha value is -3.75. The van der Waals surface area contributed by atoms with Crippen LogP contribution in [0.3, 0.4) is 0 Å². The van der Waals surface area contributed by atoms with E-state index in [0.717, 1.165) is 16.7 Å². The second-order valence-electron chi connectivity index (χ2n) is 8.60. The number of aromatic nitrogens is 2. The van der Waals surface area contributed by atoms with Crippen LogP contribution in [0.4, 0.5) is 0 Å². The van der Waals surface area contributed by atoms with Crippen molar-refractivity contribution in [3.63, 3.8) is 0 Å². The molecule has 36 heavy (non-hydrogen) atoms. The van der Waals surface area contributed by atoms with Crippen LogP contribution in [-0.2, 0) is 16.0 Å². The van der Waals surface area contributed by atoms with E-state index < -0.39 is 0 Å². The maximum atomic E-state index is 12.7. The molecule has 0 aliphatic carbocycles. The number of carbonyl (C=O) groups is 2. The second kappa shape index (κ2) is 10.9. The summed E-state index contributed by atoms with van der Waals surface area (Å²) in [6.07, 6.45) is 5.02. The van der Waals surface area contributed by atoms with E-state index in [0.29, 0.717) is 61.3 Å². The van der Waals surface area contributed by atoms with Crippen molar-refractivity contribution in [2.24, 2.45) is 0 Å². The minimum absolute atomic E-state index is 0.0154. The van der Waals surface area contributed by atoms with E-state index in [-0.39, 0.29) is 17.9 Å². The zero-order valence-corrected chi connectivity index (χ0v) is 20.3. The van der Waals surface area contributed by atoms with Gasteiger partial charge in [-0.05, 0) is 53.6 Å². The molecule has 1 fully saturated rings. The molecule has 0 saturated carbocycles. The molecule has 184 valence electrons. The summed E-state index contributed by atoms with van der Waals surface area (Å²) in [5.74, 6) is 0.425. The Morgan fingerprint density at radius 3 is 2.67 bits per heavy atom. The van der Waals surface area contributed by atoms with Gasteiger partial charge in [0.1, 0.15) is 11.9 Å². The predicted molar refractivity (Wildman–Crippen MR) is 136 cm³/mol. The van der Waals surface area contributed by atoms with Crippen LogP contribution in [0.5, 0.6) is 5.75 Å². The SMILES string of the molecule is O=C(/C=C/c1cccnn1)NCC1Cc2cc(-c3ccc(C(=O)N4CCOCC4)cc3)cc(Cl)c2O1. The molecule has 8 nitrogen and oxygen atoms in total. The van der Waals surface area contributed by atoms with Crippen LogP contribution in [0.1, 0.15) is 21.6 Å². The molecule has 2 amide bonds. The summed E-state index contributed by atoms with van der Waals surface area (Å²) >= 11 is 6.54. The highest BCUT2D eigenvalue weighted by Crippen LogP contribution is 2.39. The summed E-state index contributed by atoms with van der Waals surface area (Å²) in [5.41, 5.74) is 4.16. The molecule has 2 aromatic carbocycles. The maximum absolute atomic E-state index is 12.7. The molecular weight excluding hydrogens is 480 g/mol. The number of hydrogen-bond acceptors (Lipinski definition) is 6. The molecule has 2 aliphatic rings. The summed E-state index contributed by atoms with van der Waals surface area (Å²) in [6, 6.07) is 15.0. The molecular formula is C27H25ClN4O4. The van der Waals surface area contributed by atoms with E-state index >= 15 is 0 Å². The summed E-state index contributed by atoms with van der Waals surface area (Å²) in [6.45, 7) is 2.72. The molecule has 1 atom stereocenters. The number of morpholine rings is 1. The third-order valence-electron chi connectivity index (χ3n) is 6.12. The Bertz CT molecular complexity index is 1270. The number of nitrogens with zero attached hydrogens (tertiary/aromatic N) is 3. The quantitative estimate of drug-likeness (QED) is 0.517. The lowest BCUT2D eigenvalue weighted by atomic mass is 9.99. The number of fused-ring (bicyclic) bond motifs is 1. The molecule has 2 aliphatic heterocycles. The van der Waals surface area contributed by atoms with Gasteiger partial charge in [0.05, 0.1) is 30.5 Å². The average molecular weight is 505 g/mol. The summed E-state index contributed by atoms with van der Waals surface area (Å²) < 4.78 is 11.3. The van der Waals surface area contributed by atoms with Crippen molar-refractivity contribution >= 4 is 29.5 Å². The van der Waals surface area contributed by atoms with E-state index in [2.05, 4.69) is 21.6 Å². The maximum Gasteiger partial charge on any atom is 0.254 e. The minimum Gasteiger partial charge on any atom is -0.486 e. The van der Waals surface area contributed by atoms with Crippen molar-refractivity contribution in [1.29, 1.82) is 0 Å². The van der Waals surface area contributed by atoms with E-state index in [9.17, 15) is 9.59 Å². The third-order valence-corrected chi connectivity index (χ3v) is 6.40. The third kappa shape index (κ3) is 5.56. The van der Waals surface area contributed by atoms with E-state index in [1.54, 1.807) is 24.4 Å². The largest absolute Gasteiger partial charge is 0.486 e. The lowest BCUT2D eigenvalue weighted by molar-refractivity contribution is -0.116. The Morgan fingerprint density at radius 2 is 1.92 bits per heavy atom. The number of benzene rings is 2. The molecule has 0 spiro atoms. The first kappa shape index (κ1) is 24.0. The summed E-state index contributed by atoms with van der Waals surface area (Å²) in [4.78, 5) is 26.7. The zero-order chi connectivity index (χ0) is 24.9. The zero-order valence-electron chi connectivity index (χ0n) is 19.5. The second-order valence-corrected chi connectivity index (χ2v) is 9.01. The predicted octanol–water partition coefficient (Wildman–Crippen LogP) is 3.40. The average Bonchev–Trinajstić information content (AvgIpc) is 3.35. The van der Waals surface area contributed by atoms with Crippen molar-refractivity contribution in [3.8, 4) is 16.9 Å². The molecule has 9 heteroatoms. The van der Waals surface area contributed by atoms with Crippen LogP contribution in [0, 0.1) is 0 Å². The highest BCUT2D eigenvalue weighted by molar-refractivity contribution is 6.32. The van der Waals surface area contributed by atoms with Gasteiger partial charge in [0, 0.05) is 42.9 Å². The van der Waals surface area contributed by atoms with Gasteiger partial charge in [-0.15, -0.1) is 0 Å². The van der Waals surface area contributed by atoms with Gasteiger partial charge < -0.3 is 19.7 Å². The lowest BCUT2D eigenvalue weighted by Crippen LogP contribution is -2.40. The standard InChI is InChI=1S/C27H25ClN4O4/c28-24-16-20(18-3-5-19(6-4-18)27(34)32-10-12-35-13-11-32)14-21-15-23(36-26(21)24)17-29-25(33)8-7-22-2-1-9-30-31-22/h1-9,14,16,23H,10-13,15,17H2,(H,29,33)/b8-7+. The summed E-state index contributed by atoms with van der Waals surface area (Å²) in [5, 5.41) is 11.1. The van der Waals surface area contributed by atoms with E-state index in [1.165, 1.54) is 6.08 Å². The van der Waals surface area contributed by atoms with Gasteiger partial charge in [0.15, 0.2) is 0 Å². The fraction of sp³-hybridized carbons (Fsp3) is 0.259. The molecule has 5 rings (SSSR count). The highest BCUT2D eigenvalue weighted by Gasteiger charge is 2.26. The topological polar surface area (TPSA) is 93.7 Å². The first-order valence-corrected chi connectivity index (χ1v) is 12.1. The lowest BCUT2D eigenvalue weighted by Gasteiger charge is -2.26. The van der Waals surface area contributed by atoms with Gasteiger partial charge in [-0.25, -0.2) is 0 Å². The number of nitrogens with one attached hydrogen (secondary N) is 1. The monoisotopic (exact) mass is 504 g/mol. The van der Waals surface area contributed by atoms with Gasteiger partial charge in [0.2, 0.25) is 5.91 Å². The van der Waals surface area contributed by atoms with Gasteiger partial charge >= 0.3 is 0 Å². The normalized spacial score (nSPS) is 17.0. The smallest absolute Gasteiger partial charge is 0.254 e. The van der Waals surface area contributed by atoms with Crippen molar-refractivity contribution in [1.82, 2.24) is 20.4 Å². The van der Waals surface area contributed by atoms with Gasteiger partial charge in [-0.3, -0.25) is 9.59 Å². The van der Waals surface area contributed by atoms with Gasteiger partial charge in [-0.1, -0.05) is 23.7 Å². The number of carbonyl (C=O) groups excluding carboxylic acids is 2. The minimum atomic E-state index is -0.237. The van der Waals surface area contributed by atoms with Crippen LogP contribution >= 0.6 is 11.6 Å².